The summed E-state index contributed by atoms with van der Waals surface area (Å²) in [5.74, 6) is 0.875. The van der Waals surface area contributed by atoms with Crippen LogP contribution in [0.4, 0.5) is 0 Å². The van der Waals surface area contributed by atoms with Crippen molar-refractivity contribution in [1.29, 1.82) is 5.26 Å². The van der Waals surface area contributed by atoms with Gasteiger partial charge < -0.3 is 0 Å². The number of thioether (sulfide) groups is 1. The summed E-state index contributed by atoms with van der Waals surface area (Å²) < 4.78 is 2.58. The summed E-state index contributed by atoms with van der Waals surface area (Å²) in [6, 6.07) is 2.02. The van der Waals surface area contributed by atoms with Gasteiger partial charge in [0.1, 0.15) is 16.2 Å². The average Bonchev–Trinajstić information content (AvgIpc) is 2.46. The van der Waals surface area contributed by atoms with E-state index in [2.05, 4.69) is 9.97 Å². The van der Waals surface area contributed by atoms with Gasteiger partial charge in [-0.1, -0.05) is 25.6 Å². The van der Waals surface area contributed by atoms with Crippen molar-refractivity contribution in [3.8, 4) is 6.07 Å². The molecular formula is C14H17N5O2S. The van der Waals surface area contributed by atoms with E-state index in [1.54, 1.807) is 6.92 Å². The molecule has 0 saturated heterocycles. The Morgan fingerprint density at radius 1 is 1.32 bits per heavy atom. The summed E-state index contributed by atoms with van der Waals surface area (Å²) in [6.45, 7) is 6.14. The second-order valence-electron chi connectivity index (χ2n) is 5.37. The highest BCUT2D eigenvalue weighted by Crippen LogP contribution is 2.22. The molecule has 116 valence electrons. The van der Waals surface area contributed by atoms with Gasteiger partial charge in [-0.05, 0) is 12.8 Å². The topological polar surface area (TPSA) is 93.6 Å². The van der Waals surface area contributed by atoms with Gasteiger partial charge in [0.05, 0.1) is 11.8 Å². The maximum atomic E-state index is 12.5. The zero-order valence-corrected chi connectivity index (χ0v) is 13.8. The molecule has 0 spiro atoms. The number of aromatic nitrogens is 4. The van der Waals surface area contributed by atoms with Gasteiger partial charge in [-0.3, -0.25) is 13.9 Å². The minimum atomic E-state index is -0.430. The number of hydrogen-bond donors (Lipinski definition) is 0. The van der Waals surface area contributed by atoms with Crippen LogP contribution in [0.1, 0.15) is 19.7 Å². The Morgan fingerprint density at radius 3 is 2.59 bits per heavy atom. The number of nitriles is 1. The van der Waals surface area contributed by atoms with E-state index in [0.29, 0.717) is 28.4 Å². The molecule has 0 bridgehead atoms. The first-order valence-corrected chi connectivity index (χ1v) is 7.83. The molecule has 0 aliphatic carbocycles. The molecular weight excluding hydrogens is 302 g/mol. The van der Waals surface area contributed by atoms with E-state index >= 15 is 0 Å². The highest BCUT2D eigenvalue weighted by atomic mass is 32.2. The van der Waals surface area contributed by atoms with Crippen molar-refractivity contribution in [2.75, 3.05) is 5.75 Å². The van der Waals surface area contributed by atoms with Crippen LogP contribution in [0.3, 0.4) is 0 Å². The predicted octanol–water partition coefficient (Wildman–Crippen LogP) is 1.07. The van der Waals surface area contributed by atoms with Gasteiger partial charge >= 0.3 is 5.69 Å². The van der Waals surface area contributed by atoms with E-state index in [1.165, 1.54) is 23.4 Å². The molecule has 8 heteroatoms. The largest absolute Gasteiger partial charge is 0.332 e. The minimum Gasteiger partial charge on any atom is -0.277 e. The van der Waals surface area contributed by atoms with Crippen LogP contribution < -0.4 is 11.2 Å². The first-order valence-electron chi connectivity index (χ1n) is 6.84. The maximum absolute atomic E-state index is 12.5. The maximum Gasteiger partial charge on any atom is 0.332 e. The summed E-state index contributed by atoms with van der Waals surface area (Å²) in [5.41, 5.74) is -0.476. The molecule has 0 aliphatic heterocycles. The van der Waals surface area contributed by atoms with E-state index in [0.717, 1.165) is 4.57 Å². The van der Waals surface area contributed by atoms with Crippen LogP contribution in [0.25, 0.3) is 11.0 Å². The summed E-state index contributed by atoms with van der Waals surface area (Å²) in [5, 5.41) is 9.50. The van der Waals surface area contributed by atoms with Gasteiger partial charge in [0, 0.05) is 13.6 Å². The minimum absolute atomic E-state index is 0.179. The molecule has 0 unspecified atom stereocenters. The smallest absolute Gasteiger partial charge is 0.277 e. The van der Waals surface area contributed by atoms with Gasteiger partial charge in [0.25, 0.3) is 5.56 Å². The first-order chi connectivity index (χ1) is 10.4. The number of fused-ring (bicyclic) bond motifs is 1. The highest BCUT2D eigenvalue weighted by molar-refractivity contribution is 7.99. The second-order valence-corrected chi connectivity index (χ2v) is 6.34. The molecule has 2 rings (SSSR count). The van der Waals surface area contributed by atoms with Crippen LogP contribution in [0.15, 0.2) is 14.6 Å². The Morgan fingerprint density at radius 2 is 2.00 bits per heavy atom. The Balaban J connectivity index is 2.91. The lowest BCUT2D eigenvalue weighted by Gasteiger charge is -2.14. The third-order valence-electron chi connectivity index (χ3n) is 3.08. The van der Waals surface area contributed by atoms with Crippen molar-refractivity contribution in [3.05, 3.63) is 26.7 Å². The lowest BCUT2D eigenvalue weighted by atomic mass is 10.2. The third kappa shape index (κ3) is 2.90. The van der Waals surface area contributed by atoms with Crippen molar-refractivity contribution in [1.82, 2.24) is 19.1 Å². The van der Waals surface area contributed by atoms with Crippen LogP contribution in [-0.4, -0.2) is 24.9 Å². The predicted molar refractivity (Wildman–Crippen MR) is 85.0 cm³/mol. The molecule has 0 amide bonds. The normalized spacial score (nSPS) is 11.1. The fraction of sp³-hybridized carbons (Fsp3) is 0.500. The van der Waals surface area contributed by atoms with Crippen LogP contribution in [-0.2, 0) is 13.6 Å². The number of hydrogen-bond acceptors (Lipinski definition) is 6. The zero-order valence-electron chi connectivity index (χ0n) is 13.0. The van der Waals surface area contributed by atoms with Crippen LogP contribution >= 0.6 is 11.8 Å². The highest BCUT2D eigenvalue weighted by Gasteiger charge is 2.18. The number of rotatable bonds is 4. The first kappa shape index (κ1) is 16.2. The van der Waals surface area contributed by atoms with Gasteiger partial charge in [-0.25, -0.2) is 14.8 Å². The lowest BCUT2D eigenvalue weighted by molar-refractivity contribution is 0.498. The van der Waals surface area contributed by atoms with E-state index in [9.17, 15) is 9.59 Å². The van der Waals surface area contributed by atoms with Crippen LogP contribution in [0, 0.1) is 24.2 Å². The fourth-order valence-corrected chi connectivity index (χ4v) is 2.90. The van der Waals surface area contributed by atoms with E-state index < -0.39 is 5.56 Å². The molecule has 0 aliphatic rings. The average molecular weight is 319 g/mol. The second kappa shape index (κ2) is 6.32. The van der Waals surface area contributed by atoms with Gasteiger partial charge in [-0.15, -0.1) is 0 Å². The summed E-state index contributed by atoms with van der Waals surface area (Å²) >= 11 is 1.18. The Kier molecular flexibility index (Phi) is 4.66. The fourth-order valence-electron chi connectivity index (χ4n) is 2.18. The van der Waals surface area contributed by atoms with E-state index in [4.69, 9.17) is 5.26 Å². The summed E-state index contributed by atoms with van der Waals surface area (Å²) in [6.07, 6.45) is 0. The molecule has 0 atom stereocenters. The monoisotopic (exact) mass is 319 g/mol. The van der Waals surface area contributed by atoms with Gasteiger partial charge in [0.2, 0.25) is 0 Å². The molecule has 0 aromatic carbocycles. The zero-order chi connectivity index (χ0) is 16.4. The van der Waals surface area contributed by atoms with Crippen LogP contribution in [0.5, 0.6) is 0 Å². The standard InChI is InChI=1S/C14H17N5O2S/c1-8(2)7-19-11-10(13(20)18(4)14(19)21)12(22-6-5-15)17-9(3)16-11/h8H,6-7H2,1-4H3. The van der Waals surface area contributed by atoms with E-state index in [-0.39, 0.29) is 17.4 Å². The van der Waals surface area contributed by atoms with Crippen molar-refractivity contribution >= 4 is 22.8 Å². The molecule has 0 fully saturated rings. The molecule has 7 nitrogen and oxygen atoms in total. The Hall–Kier alpha value is -2.14. The van der Waals surface area contributed by atoms with Gasteiger partial charge in [0.15, 0.2) is 5.65 Å². The SMILES string of the molecule is Cc1nc(SCC#N)c2c(=O)n(C)c(=O)n(CC(C)C)c2n1. The molecule has 2 heterocycles. The number of nitrogens with zero attached hydrogens (tertiary/aromatic N) is 5. The summed E-state index contributed by atoms with van der Waals surface area (Å²) in [7, 11) is 1.44. The molecule has 0 saturated carbocycles. The van der Waals surface area contributed by atoms with E-state index in [1.807, 2.05) is 19.9 Å². The molecule has 0 radical (unpaired) electrons. The van der Waals surface area contributed by atoms with Crippen molar-refractivity contribution in [2.24, 2.45) is 13.0 Å². The van der Waals surface area contributed by atoms with Crippen LogP contribution in [0.2, 0.25) is 0 Å². The molecule has 2 aromatic heterocycles. The Labute approximate surface area is 131 Å². The molecule has 2 aromatic rings. The van der Waals surface area contributed by atoms with Crippen molar-refractivity contribution < 1.29 is 0 Å². The van der Waals surface area contributed by atoms with Gasteiger partial charge in [-0.2, -0.15) is 5.26 Å². The van der Waals surface area contributed by atoms with Crippen molar-refractivity contribution in [3.63, 3.8) is 0 Å². The quantitative estimate of drug-likeness (QED) is 0.618. The summed E-state index contributed by atoms with van der Waals surface area (Å²) in [4.78, 5) is 33.4. The lowest BCUT2D eigenvalue weighted by Crippen LogP contribution is -2.39. The molecule has 22 heavy (non-hydrogen) atoms. The Bertz CT molecular complexity index is 876. The van der Waals surface area contributed by atoms with Crippen molar-refractivity contribution in [2.45, 2.75) is 32.3 Å². The third-order valence-corrected chi connectivity index (χ3v) is 3.92. The number of aryl methyl sites for hydroxylation is 1. The molecule has 0 N–H and O–H groups in total.